The Labute approximate surface area is 75.9 Å². The summed E-state index contributed by atoms with van der Waals surface area (Å²) < 4.78 is 4.70. The van der Waals surface area contributed by atoms with Crippen molar-refractivity contribution in [3.05, 3.63) is 18.0 Å². The van der Waals surface area contributed by atoms with Gasteiger partial charge in [0.05, 0.1) is 12.8 Å². The first-order chi connectivity index (χ1) is 6.29. The smallest absolute Gasteiger partial charge is 0.292 e. The number of aliphatic hydroxyl groups excluding tert-OH is 1. The zero-order chi connectivity index (χ0) is 9.68. The third-order valence-electron chi connectivity index (χ3n) is 1.69. The van der Waals surface area contributed by atoms with Crippen LogP contribution in [0, 0.1) is 0 Å². The van der Waals surface area contributed by atoms with E-state index in [1.54, 1.807) is 0 Å². The van der Waals surface area contributed by atoms with Gasteiger partial charge in [-0.3, -0.25) is 4.79 Å². The van der Waals surface area contributed by atoms with E-state index in [9.17, 15) is 4.79 Å². The van der Waals surface area contributed by atoms with Crippen LogP contribution in [0.25, 0.3) is 0 Å². The average Bonchev–Trinajstić information content (AvgIpc) is 2.65. The van der Waals surface area contributed by atoms with Crippen LogP contribution in [0.15, 0.2) is 16.8 Å². The van der Waals surface area contributed by atoms with E-state index in [1.807, 2.05) is 6.92 Å². The summed E-state index contributed by atoms with van der Waals surface area (Å²) >= 11 is 0. The molecule has 0 bridgehead atoms. The Bertz CT molecular complexity index is 258. The molecule has 5 nitrogen and oxygen atoms in total. The van der Waals surface area contributed by atoms with Crippen molar-refractivity contribution in [2.75, 3.05) is 19.7 Å². The van der Waals surface area contributed by atoms with Gasteiger partial charge in [0.25, 0.3) is 5.91 Å². The molecule has 0 saturated carbocycles. The highest BCUT2D eigenvalue weighted by Crippen LogP contribution is 2.02. The summed E-state index contributed by atoms with van der Waals surface area (Å²) in [6.07, 6.45) is 1.42. The molecule has 0 spiro atoms. The molecule has 0 aliphatic carbocycles. The molecule has 13 heavy (non-hydrogen) atoms. The quantitative estimate of drug-likeness (QED) is 0.722. The number of nitrogens with zero attached hydrogens (tertiary/aromatic N) is 2. The average molecular weight is 184 g/mol. The van der Waals surface area contributed by atoms with Crippen molar-refractivity contribution in [3.63, 3.8) is 0 Å². The van der Waals surface area contributed by atoms with E-state index in [-0.39, 0.29) is 18.3 Å². The van der Waals surface area contributed by atoms with E-state index in [4.69, 9.17) is 9.63 Å². The number of amides is 1. The van der Waals surface area contributed by atoms with Gasteiger partial charge in [-0.15, -0.1) is 0 Å². The topological polar surface area (TPSA) is 66.6 Å². The third kappa shape index (κ3) is 2.29. The van der Waals surface area contributed by atoms with Gasteiger partial charge < -0.3 is 14.5 Å². The number of rotatable bonds is 4. The lowest BCUT2D eigenvalue weighted by atomic mass is 10.3. The Balaban J connectivity index is 2.65. The number of likely N-dealkylation sites (N-methyl/N-ethyl adjacent to an activating group) is 1. The summed E-state index contributed by atoms with van der Waals surface area (Å²) in [4.78, 5) is 13.0. The lowest BCUT2D eigenvalue weighted by molar-refractivity contribution is 0.0690. The minimum Gasteiger partial charge on any atom is -0.395 e. The van der Waals surface area contributed by atoms with Crippen molar-refractivity contribution >= 4 is 5.91 Å². The molecule has 0 aliphatic heterocycles. The SMILES string of the molecule is CCN(CCO)C(=O)c1ccno1. The fourth-order valence-electron chi connectivity index (χ4n) is 1.01. The highest BCUT2D eigenvalue weighted by molar-refractivity contribution is 5.91. The third-order valence-corrected chi connectivity index (χ3v) is 1.69. The lowest BCUT2D eigenvalue weighted by Crippen LogP contribution is -2.33. The summed E-state index contributed by atoms with van der Waals surface area (Å²) in [7, 11) is 0. The number of aliphatic hydroxyl groups is 1. The van der Waals surface area contributed by atoms with E-state index < -0.39 is 0 Å². The van der Waals surface area contributed by atoms with E-state index in [0.717, 1.165) is 0 Å². The molecular formula is C8H12N2O3. The maximum atomic E-state index is 11.5. The first-order valence-corrected chi connectivity index (χ1v) is 4.10. The zero-order valence-electron chi connectivity index (χ0n) is 7.43. The van der Waals surface area contributed by atoms with Crippen molar-refractivity contribution < 1.29 is 14.4 Å². The van der Waals surface area contributed by atoms with Crippen LogP contribution in [-0.4, -0.2) is 40.8 Å². The van der Waals surface area contributed by atoms with Gasteiger partial charge in [0.1, 0.15) is 0 Å². The van der Waals surface area contributed by atoms with Crippen molar-refractivity contribution in [2.24, 2.45) is 0 Å². The van der Waals surface area contributed by atoms with Crippen LogP contribution in [0.2, 0.25) is 0 Å². The van der Waals surface area contributed by atoms with E-state index in [0.29, 0.717) is 13.1 Å². The molecule has 72 valence electrons. The van der Waals surface area contributed by atoms with Gasteiger partial charge in [0, 0.05) is 19.2 Å². The predicted molar refractivity (Wildman–Crippen MR) is 45.2 cm³/mol. The Morgan fingerprint density at radius 1 is 1.77 bits per heavy atom. The highest BCUT2D eigenvalue weighted by Gasteiger charge is 2.16. The summed E-state index contributed by atoms with van der Waals surface area (Å²) in [5, 5.41) is 12.1. The fraction of sp³-hybridized carbons (Fsp3) is 0.500. The Morgan fingerprint density at radius 3 is 3.00 bits per heavy atom. The monoisotopic (exact) mass is 184 g/mol. The Hall–Kier alpha value is -1.36. The highest BCUT2D eigenvalue weighted by atomic mass is 16.5. The molecule has 1 aromatic rings. The van der Waals surface area contributed by atoms with Crippen LogP contribution in [0.5, 0.6) is 0 Å². The van der Waals surface area contributed by atoms with Gasteiger partial charge in [0.2, 0.25) is 5.76 Å². The van der Waals surface area contributed by atoms with Gasteiger partial charge in [0.15, 0.2) is 0 Å². The fourth-order valence-corrected chi connectivity index (χ4v) is 1.01. The standard InChI is InChI=1S/C8H12N2O3/c1-2-10(5-6-11)8(12)7-3-4-9-13-7/h3-4,11H,2,5-6H2,1H3. The van der Waals surface area contributed by atoms with E-state index >= 15 is 0 Å². The van der Waals surface area contributed by atoms with Crippen LogP contribution < -0.4 is 0 Å². The minimum absolute atomic E-state index is 0.0479. The molecule has 0 aromatic carbocycles. The van der Waals surface area contributed by atoms with Gasteiger partial charge in [-0.1, -0.05) is 5.16 Å². The molecule has 1 rings (SSSR count). The van der Waals surface area contributed by atoms with Crippen molar-refractivity contribution in [1.29, 1.82) is 0 Å². The molecule has 0 radical (unpaired) electrons. The predicted octanol–water partition coefficient (Wildman–Crippen LogP) is 0.129. The molecule has 0 aliphatic rings. The molecule has 1 heterocycles. The van der Waals surface area contributed by atoms with Gasteiger partial charge in [-0.2, -0.15) is 0 Å². The second kappa shape index (κ2) is 4.61. The first kappa shape index (κ1) is 9.73. The first-order valence-electron chi connectivity index (χ1n) is 4.10. The van der Waals surface area contributed by atoms with Gasteiger partial charge in [-0.05, 0) is 6.92 Å². The molecule has 5 heteroatoms. The molecule has 0 fully saturated rings. The number of hydrogen-bond acceptors (Lipinski definition) is 4. The summed E-state index contributed by atoms with van der Waals surface area (Å²) in [5.41, 5.74) is 0. The molecule has 1 aromatic heterocycles. The zero-order valence-corrected chi connectivity index (χ0v) is 7.43. The molecule has 1 amide bonds. The Kier molecular flexibility index (Phi) is 3.45. The second-order valence-corrected chi connectivity index (χ2v) is 2.49. The number of carbonyl (C=O) groups excluding carboxylic acids is 1. The van der Waals surface area contributed by atoms with Crippen LogP contribution in [0.3, 0.4) is 0 Å². The molecular weight excluding hydrogens is 172 g/mol. The largest absolute Gasteiger partial charge is 0.395 e. The van der Waals surface area contributed by atoms with Gasteiger partial charge in [-0.25, -0.2) is 0 Å². The van der Waals surface area contributed by atoms with Crippen LogP contribution in [0.4, 0.5) is 0 Å². The van der Waals surface area contributed by atoms with Crippen LogP contribution >= 0.6 is 0 Å². The molecule has 1 N–H and O–H groups in total. The van der Waals surface area contributed by atoms with Crippen LogP contribution in [-0.2, 0) is 0 Å². The maximum Gasteiger partial charge on any atom is 0.292 e. The molecule has 0 atom stereocenters. The normalized spacial score (nSPS) is 10.0. The Morgan fingerprint density at radius 2 is 2.54 bits per heavy atom. The van der Waals surface area contributed by atoms with E-state index in [2.05, 4.69) is 5.16 Å². The number of carbonyl (C=O) groups is 1. The molecule has 0 unspecified atom stereocenters. The summed E-state index contributed by atoms with van der Waals surface area (Å²) in [5.74, 6) is -0.0376. The minimum atomic E-state index is -0.242. The van der Waals surface area contributed by atoms with Crippen molar-refractivity contribution in [1.82, 2.24) is 10.1 Å². The van der Waals surface area contributed by atoms with Gasteiger partial charge >= 0.3 is 0 Å². The number of aromatic nitrogens is 1. The molecule has 0 saturated heterocycles. The number of hydrogen-bond donors (Lipinski definition) is 1. The summed E-state index contributed by atoms with van der Waals surface area (Å²) in [6, 6.07) is 1.50. The van der Waals surface area contributed by atoms with Crippen LogP contribution in [0.1, 0.15) is 17.5 Å². The second-order valence-electron chi connectivity index (χ2n) is 2.49. The maximum absolute atomic E-state index is 11.5. The van der Waals surface area contributed by atoms with Crippen molar-refractivity contribution in [2.45, 2.75) is 6.92 Å². The lowest BCUT2D eigenvalue weighted by Gasteiger charge is -2.17. The summed E-state index contributed by atoms with van der Waals surface area (Å²) in [6.45, 7) is 2.65. The van der Waals surface area contributed by atoms with Crippen molar-refractivity contribution in [3.8, 4) is 0 Å². The van der Waals surface area contributed by atoms with E-state index in [1.165, 1.54) is 17.2 Å².